The van der Waals surface area contributed by atoms with E-state index in [4.69, 9.17) is 5.11 Å². The van der Waals surface area contributed by atoms with Gasteiger partial charge in [0.1, 0.15) is 12.7 Å². The topological polar surface area (TPSA) is 97.1 Å². The summed E-state index contributed by atoms with van der Waals surface area (Å²) in [6.45, 7) is 0. The normalized spacial score (nSPS) is 10.2. The highest BCUT2D eigenvalue weighted by molar-refractivity contribution is 6.01. The Hall–Kier alpha value is -2.70. The van der Waals surface area contributed by atoms with Crippen molar-refractivity contribution in [2.24, 2.45) is 7.05 Å². The minimum atomic E-state index is -1.16. The largest absolute Gasteiger partial charge is 0.481 e. The summed E-state index contributed by atoms with van der Waals surface area (Å²) in [7, 11) is 1.81. The van der Waals surface area contributed by atoms with Crippen LogP contribution in [0.3, 0.4) is 0 Å². The Bertz CT molecular complexity index is 621. The summed E-state index contributed by atoms with van der Waals surface area (Å²) < 4.78 is 1.75. The maximum Gasteiger partial charge on any atom is 0.312 e. The highest BCUT2D eigenvalue weighted by Gasteiger charge is 2.09. The van der Waals surface area contributed by atoms with Crippen LogP contribution in [-0.4, -0.2) is 31.7 Å². The number of carboxylic acid groups (broad SMARTS) is 1. The van der Waals surface area contributed by atoms with E-state index in [0.717, 1.165) is 5.56 Å². The third-order valence-electron chi connectivity index (χ3n) is 2.43. The van der Waals surface area contributed by atoms with Crippen LogP contribution in [0.25, 0.3) is 11.4 Å². The fourth-order valence-corrected chi connectivity index (χ4v) is 1.62. The average Bonchev–Trinajstić information content (AvgIpc) is 2.74. The van der Waals surface area contributed by atoms with Gasteiger partial charge >= 0.3 is 5.97 Å². The number of aromatic nitrogens is 3. The van der Waals surface area contributed by atoms with Crippen molar-refractivity contribution in [2.75, 3.05) is 5.32 Å². The van der Waals surface area contributed by atoms with Gasteiger partial charge in [0.25, 0.3) is 0 Å². The molecule has 2 N–H and O–H groups in total. The number of nitrogens with one attached hydrogen (secondary N) is 1. The van der Waals surface area contributed by atoms with Gasteiger partial charge in [-0.25, -0.2) is 0 Å². The smallest absolute Gasteiger partial charge is 0.312 e. The third-order valence-corrected chi connectivity index (χ3v) is 2.43. The molecule has 1 amide bonds. The molecule has 0 aliphatic carbocycles. The maximum absolute atomic E-state index is 11.4. The van der Waals surface area contributed by atoms with Crippen molar-refractivity contribution in [3.63, 3.8) is 0 Å². The summed E-state index contributed by atoms with van der Waals surface area (Å²) in [4.78, 5) is 21.8. The SMILES string of the molecule is Cn1cnnc1-c1cccc(NC(=O)CC(=O)O)c1. The number of anilines is 1. The van der Waals surface area contributed by atoms with E-state index in [9.17, 15) is 9.59 Å². The molecule has 0 atom stereocenters. The molecular formula is C12H12N4O3. The summed E-state index contributed by atoms with van der Waals surface area (Å²) in [5.74, 6) is -1.07. The molecule has 1 aromatic carbocycles. The lowest BCUT2D eigenvalue weighted by molar-refractivity contribution is -0.139. The van der Waals surface area contributed by atoms with E-state index in [1.54, 1.807) is 29.1 Å². The molecule has 98 valence electrons. The Morgan fingerprint density at radius 2 is 2.21 bits per heavy atom. The monoisotopic (exact) mass is 260 g/mol. The number of carbonyl (C=O) groups excluding carboxylic acids is 1. The van der Waals surface area contributed by atoms with E-state index in [0.29, 0.717) is 11.5 Å². The van der Waals surface area contributed by atoms with Gasteiger partial charge in [-0.3, -0.25) is 9.59 Å². The van der Waals surface area contributed by atoms with Gasteiger partial charge in [0.05, 0.1) is 0 Å². The summed E-state index contributed by atoms with van der Waals surface area (Å²) in [6.07, 6.45) is 1.01. The summed E-state index contributed by atoms with van der Waals surface area (Å²) >= 11 is 0. The van der Waals surface area contributed by atoms with Crippen LogP contribution in [0.4, 0.5) is 5.69 Å². The Kier molecular flexibility index (Phi) is 3.56. The molecule has 0 unspecified atom stereocenters. The lowest BCUT2D eigenvalue weighted by Gasteiger charge is -2.06. The first-order valence-electron chi connectivity index (χ1n) is 5.52. The highest BCUT2D eigenvalue weighted by atomic mass is 16.4. The van der Waals surface area contributed by atoms with Crippen molar-refractivity contribution in [1.29, 1.82) is 0 Å². The summed E-state index contributed by atoms with van der Waals surface area (Å²) in [5, 5.41) is 18.8. The lowest BCUT2D eigenvalue weighted by atomic mass is 10.2. The first-order valence-corrected chi connectivity index (χ1v) is 5.52. The van der Waals surface area contributed by atoms with Crippen LogP contribution in [-0.2, 0) is 16.6 Å². The second-order valence-corrected chi connectivity index (χ2v) is 3.96. The van der Waals surface area contributed by atoms with Crippen molar-refractivity contribution in [1.82, 2.24) is 14.8 Å². The molecule has 0 saturated heterocycles. The lowest BCUT2D eigenvalue weighted by Crippen LogP contribution is -2.15. The van der Waals surface area contributed by atoms with Crippen LogP contribution < -0.4 is 5.32 Å². The number of rotatable bonds is 4. The van der Waals surface area contributed by atoms with E-state index in [2.05, 4.69) is 15.5 Å². The zero-order valence-corrected chi connectivity index (χ0v) is 10.2. The number of nitrogens with zero attached hydrogens (tertiary/aromatic N) is 3. The first-order chi connectivity index (χ1) is 9.06. The second kappa shape index (κ2) is 5.30. The first kappa shape index (κ1) is 12.7. The predicted molar refractivity (Wildman–Crippen MR) is 67.3 cm³/mol. The van der Waals surface area contributed by atoms with Gasteiger partial charge in [0.15, 0.2) is 5.82 Å². The Balaban J connectivity index is 2.18. The minimum Gasteiger partial charge on any atom is -0.481 e. The molecule has 7 nitrogen and oxygen atoms in total. The molecule has 2 rings (SSSR count). The number of aryl methyl sites for hydroxylation is 1. The van der Waals surface area contributed by atoms with Gasteiger partial charge in [-0.2, -0.15) is 0 Å². The molecule has 0 aliphatic rings. The van der Waals surface area contributed by atoms with Gasteiger partial charge in [-0.05, 0) is 12.1 Å². The van der Waals surface area contributed by atoms with Crippen LogP contribution in [0.5, 0.6) is 0 Å². The van der Waals surface area contributed by atoms with E-state index in [1.807, 2.05) is 13.1 Å². The zero-order chi connectivity index (χ0) is 13.8. The Labute approximate surface area is 108 Å². The van der Waals surface area contributed by atoms with Crippen molar-refractivity contribution in [2.45, 2.75) is 6.42 Å². The van der Waals surface area contributed by atoms with Crippen molar-refractivity contribution in [3.05, 3.63) is 30.6 Å². The molecule has 19 heavy (non-hydrogen) atoms. The molecule has 0 bridgehead atoms. The van der Waals surface area contributed by atoms with Gasteiger partial charge in [-0.15, -0.1) is 10.2 Å². The molecule has 2 aromatic rings. The minimum absolute atomic E-state index is 0.520. The van der Waals surface area contributed by atoms with Gasteiger partial charge in [0.2, 0.25) is 5.91 Å². The van der Waals surface area contributed by atoms with Crippen molar-refractivity contribution < 1.29 is 14.7 Å². The predicted octanol–water partition coefficient (Wildman–Crippen LogP) is 0.895. The van der Waals surface area contributed by atoms with E-state index in [1.165, 1.54) is 0 Å². The van der Waals surface area contributed by atoms with Crippen LogP contribution >= 0.6 is 0 Å². The number of aliphatic carboxylic acids is 1. The highest BCUT2D eigenvalue weighted by Crippen LogP contribution is 2.20. The summed E-state index contributed by atoms with van der Waals surface area (Å²) in [6, 6.07) is 6.97. The maximum atomic E-state index is 11.4. The molecule has 0 saturated carbocycles. The Morgan fingerprint density at radius 1 is 1.42 bits per heavy atom. The number of hydrogen-bond acceptors (Lipinski definition) is 4. The van der Waals surface area contributed by atoms with Gasteiger partial charge < -0.3 is 15.0 Å². The number of hydrogen-bond donors (Lipinski definition) is 2. The number of carbonyl (C=O) groups is 2. The fourth-order valence-electron chi connectivity index (χ4n) is 1.62. The second-order valence-electron chi connectivity index (χ2n) is 3.96. The summed E-state index contributed by atoms with van der Waals surface area (Å²) in [5.41, 5.74) is 1.31. The molecular weight excluding hydrogens is 248 g/mol. The van der Waals surface area contributed by atoms with Crippen molar-refractivity contribution >= 4 is 17.6 Å². The molecule has 1 aromatic heterocycles. The third kappa shape index (κ3) is 3.15. The van der Waals surface area contributed by atoms with Crippen LogP contribution in [0, 0.1) is 0 Å². The molecule has 7 heteroatoms. The average molecular weight is 260 g/mol. The number of carboxylic acids is 1. The van der Waals surface area contributed by atoms with Gasteiger partial charge in [-0.1, -0.05) is 12.1 Å². The standard InChI is InChI=1S/C12H12N4O3/c1-16-7-13-15-12(16)8-3-2-4-9(5-8)14-10(17)6-11(18)19/h2-5,7H,6H2,1H3,(H,14,17)(H,18,19). The van der Waals surface area contributed by atoms with E-state index < -0.39 is 18.3 Å². The fraction of sp³-hybridized carbons (Fsp3) is 0.167. The van der Waals surface area contributed by atoms with Crippen molar-refractivity contribution in [3.8, 4) is 11.4 Å². The number of benzene rings is 1. The molecule has 1 heterocycles. The molecule has 0 spiro atoms. The zero-order valence-electron chi connectivity index (χ0n) is 10.2. The van der Waals surface area contributed by atoms with Crippen LogP contribution in [0.2, 0.25) is 0 Å². The quantitative estimate of drug-likeness (QED) is 0.796. The van der Waals surface area contributed by atoms with Crippen LogP contribution in [0.1, 0.15) is 6.42 Å². The van der Waals surface area contributed by atoms with E-state index >= 15 is 0 Å². The molecule has 0 radical (unpaired) electrons. The molecule has 0 fully saturated rings. The number of amides is 1. The molecule has 0 aliphatic heterocycles. The van der Waals surface area contributed by atoms with Gasteiger partial charge in [0, 0.05) is 18.3 Å². The van der Waals surface area contributed by atoms with Crippen LogP contribution in [0.15, 0.2) is 30.6 Å². The Morgan fingerprint density at radius 3 is 2.84 bits per heavy atom. The van der Waals surface area contributed by atoms with E-state index in [-0.39, 0.29) is 0 Å².